The van der Waals surface area contributed by atoms with Crippen LogP contribution >= 0.6 is 11.6 Å². The van der Waals surface area contributed by atoms with Crippen molar-refractivity contribution in [2.24, 2.45) is 11.7 Å². The molecule has 1 heterocycles. The quantitative estimate of drug-likeness (QED) is 0.872. The number of benzene rings is 1. The molecule has 3 N–H and O–H groups in total. The van der Waals surface area contributed by atoms with Crippen LogP contribution in [0, 0.1) is 5.92 Å². The van der Waals surface area contributed by atoms with Gasteiger partial charge in [0.1, 0.15) is 0 Å². The van der Waals surface area contributed by atoms with Gasteiger partial charge in [-0.1, -0.05) is 30.2 Å². The van der Waals surface area contributed by atoms with Crippen molar-refractivity contribution in [3.63, 3.8) is 0 Å². The monoisotopic (exact) mass is 280 g/mol. The smallest absolute Gasteiger partial charge is 0.0406 e. The van der Waals surface area contributed by atoms with Gasteiger partial charge in [0.25, 0.3) is 0 Å². The number of hydrogen-bond donors (Lipinski definition) is 2. The molecule has 0 aromatic heterocycles. The van der Waals surface area contributed by atoms with Crippen molar-refractivity contribution in [3.05, 3.63) is 34.9 Å². The Morgan fingerprint density at radius 2 is 1.63 bits per heavy atom. The summed E-state index contributed by atoms with van der Waals surface area (Å²) >= 11 is 5.84. The second kappa shape index (κ2) is 7.88. The Morgan fingerprint density at radius 3 is 2.11 bits per heavy atom. The van der Waals surface area contributed by atoms with E-state index in [4.69, 9.17) is 17.3 Å². The molecule has 0 radical (unpaired) electrons. The summed E-state index contributed by atoms with van der Waals surface area (Å²) in [6.07, 6.45) is 7.71. The van der Waals surface area contributed by atoms with Crippen LogP contribution in [-0.2, 0) is 6.42 Å². The first kappa shape index (κ1) is 14.8. The van der Waals surface area contributed by atoms with E-state index in [0.717, 1.165) is 10.9 Å². The highest BCUT2D eigenvalue weighted by Gasteiger charge is 2.13. The molecule has 1 aromatic rings. The van der Waals surface area contributed by atoms with Crippen molar-refractivity contribution in [1.29, 1.82) is 0 Å². The van der Waals surface area contributed by atoms with E-state index in [0.29, 0.717) is 6.04 Å². The molecule has 19 heavy (non-hydrogen) atoms. The van der Waals surface area contributed by atoms with Crippen LogP contribution in [0.1, 0.15) is 37.7 Å². The molecule has 2 nitrogen and oxygen atoms in total. The lowest BCUT2D eigenvalue weighted by atomic mass is 9.91. The van der Waals surface area contributed by atoms with Gasteiger partial charge in [-0.3, -0.25) is 0 Å². The Kier molecular flexibility index (Phi) is 6.15. The maximum atomic E-state index is 5.84. The van der Waals surface area contributed by atoms with Crippen LogP contribution in [0.5, 0.6) is 0 Å². The summed E-state index contributed by atoms with van der Waals surface area (Å²) in [5, 5.41) is 4.22. The van der Waals surface area contributed by atoms with Crippen molar-refractivity contribution in [3.8, 4) is 0 Å². The summed E-state index contributed by atoms with van der Waals surface area (Å²) in [5.74, 6) is 0.859. The molecule has 1 saturated heterocycles. The third-order valence-electron chi connectivity index (χ3n) is 4.05. The van der Waals surface area contributed by atoms with E-state index < -0.39 is 0 Å². The topological polar surface area (TPSA) is 38.0 Å². The zero-order valence-corrected chi connectivity index (χ0v) is 12.3. The fraction of sp³-hybridized carbons (Fsp3) is 0.625. The number of piperidine rings is 1. The summed E-state index contributed by atoms with van der Waals surface area (Å²) in [4.78, 5) is 0. The van der Waals surface area contributed by atoms with Gasteiger partial charge in [0.15, 0.2) is 0 Å². The third-order valence-corrected chi connectivity index (χ3v) is 4.30. The van der Waals surface area contributed by atoms with Crippen molar-refractivity contribution >= 4 is 11.6 Å². The van der Waals surface area contributed by atoms with E-state index in [1.54, 1.807) is 0 Å². The highest BCUT2D eigenvalue weighted by molar-refractivity contribution is 6.30. The maximum Gasteiger partial charge on any atom is 0.0406 e. The largest absolute Gasteiger partial charge is 0.328 e. The number of nitrogens with one attached hydrogen (secondary N) is 1. The zero-order chi connectivity index (χ0) is 13.5. The molecule has 1 aliphatic carbocycles. The lowest BCUT2D eigenvalue weighted by Crippen LogP contribution is -2.28. The van der Waals surface area contributed by atoms with E-state index in [-0.39, 0.29) is 0 Å². The first-order chi connectivity index (χ1) is 9.24. The molecule has 0 amide bonds. The van der Waals surface area contributed by atoms with Crippen LogP contribution in [0.3, 0.4) is 0 Å². The van der Waals surface area contributed by atoms with Crippen LogP contribution < -0.4 is 11.1 Å². The summed E-state index contributed by atoms with van der Waals surface area (Å²) in [6.45, 7) is 2.36. The lowest BCUT2D eigenvalue weighted by molar-refractivity contribution is 0.372. The molecule has 0 spiro atoms. The fourth-order valence-corrected chi connectivity index (χ4v) is 2.61. The predicted molar refractivity (Wildman–Crippen MR) is 82.6 cm³/mol. The minimum absolute atomic E-state index is 0.565. The molecule has 0 atom stereocenters. The molecule has 0 unspecified atom stereocenters. The molecule has 2 aliphatic rings. The second-order valence-electron chi connectivity index (χ2n) is 5.71. The van der Waals surface area contributed by atoms with Gasteiger partial charge in [0.2, 0.25) is 0 Å². The van der Waals surface area contributed by atoms with Gasteiger partial charge in [-0.15, -0.1) is 0 Å². The lowest BCUT2D eigenvalue weighted by Gasteiger charge is -2.22. The first-order valence-corrected chi connectivity index (χ1v) is 7.82. The minimum Gasteiger partial charge on any atom is -0.328 e. The minimum atomic E-state index is 0.565. The van der Waals surface area contributed by atoms with Crippen molar-refractivity contribution in [2.75, 3.05) is 13.1 Å². The Morgan fingerprint density at radius 1 is 1.05 bits per heavy atom. The standard InChI is InChI=1S/C12H16ClN.C4H9N/c13-12-3-1-10(2-4-12)9-11-5-7-14-8-6-11;5-4-2-1-3-4/h1-4,11,14H,5-9H2;4H,1-3,5H2. The van der Waals surface area contributed by atoms with Crippen LogP contribution in [0.2, 0.25) is 5.02 Å². The van der Waals surface area contributed by atoms with Crippen LogP contribution in [0.15, 0.2) is 24.3 Å². The van der Waals surface area contributed by atoms with Crippen LogP contribution in [0.25, 0.3) is 0 Å². The van der Waals surface area contributed by atoms with E-state index in [1.807, 2.05) is 12.1 Å². The van der Waals surface area contributed by atoms with Gasteiger partial charge in [0.05, 0.1) is 0 Å². The van der Waals surface area contributed by atoms with Crippen molar-refractivity contribution in [1.82, 2.24) is 5.32 Å². The van der Waals surface area contributed by atoms with E-state index >= 15 is 0 Å². The summed E-state index contributed by atoms with van der Waals surface area (Å²) in [5.41, 5.74) is 6.80. The van der Waals surface area contributed by atoms with Gasteiger partial charge in [-0.05, 0) is 68.8 Å². The molecule has 2 fully saturated rings. The molecule has 1 aromatic carbocycles. The zero-order valence-electron chi connectivity index (χ0n) is 11.6. The Bertz CT molecular complexity index is 354. The van der Waals surface area contributed by atoms with Crippen LogP contribution in [-0.4, -0.2) is 19.1 Å². The summed E-state index contributed by atoms with van der Waals surface area (Å²) in [6, 6.07) is 8.82. The Hall–Kier alpha value is -0.570. The number of hydrogen-bond acceptors (Lipinski definition) is 2. The highest BCUT2D eigenvalue weighted by Crippen LogP contribution is 2.19. The number of halogens is 1. The number of rotatable bonds is 2. The highest BCUT2D eigenvalue weighted by atomic mass is 35.5. The van der Waals surface area contributed by atoms with Crippen molar-refractivity contribution < 1.29 is 0 Å². The Balaban J connectivity index is 0.000000224. The summed E-state index contributed by atoms with van der Waals surface area (Å²) in [7, 11) is 0. The molecule has 3 heteroatoms. The van der Waals surface area contributed by atoms with Gasteiger partial charge in [-0.25, -0.2) is 0 Å². The second-order valence-corrected chi connectivity index (χ2v) is 6.15. The van der Waals surface area contributed by atoms with E-state index in [1.165, 1.54) is 57.2 Å². The van der Waals surface area contributed by atoms with Crippen molar-refractivity contribution in [2.45, 2.75) is 44.6 Å². The third kappa shape index (κ3) is 5.52. The van der Waals surface area contributed by atoms with Gasteiger partial charge >= 0.3 is 0 Å². The molecule has 3 rings (SSSR count). The molecule has 1 saturated carbocycles. The SMILES string of the molecule is Clc1ccc(CC2CCNCC2)cc1.NC1CCC1. The molecular weight excluding hydrogens is 256 g/mol. The van der Waals surface area contributed by atoms with Crippen LogP contribution in [0.4, 0.5) is 0 Å². The Labute approximate surface area is 121 Å². The molecule has 1 aliphatic heterocycles. The number of nitrogens with two attached hydrogens (primary N) is 1. The molecular formula is C16H25ClN2. The normalized spacial score (nSPS) is 20.3. The first-order valence-electron chi connectivity index (χ1n) is 7.45. The predicted octanol–water partition coefficient (Wildman–Crippen LogP) is 3.38. The fourth-order valence-electron chi connectivity index (χ4n) is 2.48. The maximum absolute atomic E-state index is 5.84. The molecule has 106 valence electrons. The average molecular weight is 281 g/mol. The average Bonchev–Trinajstić information content (AvgIpc) is 2.41. The van der Waals surface area contributed by atoms with E-state index in [2.05, 4.69) is 17.4 Å². The van der Waals surface area contributed by atoms with E-state index in [9.17, 15) is 0 Å². The molecule has 0 bridgehead atoms. The summed E-state index contributed by atoms with van der Waals surface area (Å²) < 4.78 is 0. The van der Waals surface area contributed by atoms with Gasteiger partial charge in [-0.2, -0.15) is 0 Å². The van der Waals surface area contributed by atoms with Gasteiger partial charge in [0, 0.05) is 11.1 Å². The van der Waals surface area contributed by atoms with Gasteiger partial charge < -0.3 is 11.1 Å².